The number of nitrogens with one attached hydrogen (secondary N) is 1. The average molecular weight is 257 g/mol. The quantitative estimate of drug-likeness (QED) is 0.892. The first-order valence-corrected chi connectivity index (χ1v) is 6.52. The van der Waals surface area contributed by atoms with E-state index < -0.39 is 0 Å². The Kier molecular flexibility index (Phi) is 3.58. The van der Waals surface area contributed by atoms with Gasteiger partial charge in [-0.3, -0.25) is 0 Å². The zero-order chi connectivity index (χ0) is 13.1. The second-order valence-corrected chi connectivity index (χ2v) is 4.67. The first-order chi connectivity index (χ1) is 9.34. The lowest BCUT2D eigenvalue weighted by molar-refractivity contribution is 0.0277. The first-order valence-electron chi connectivity index (χ1n) is 6.52. The van der Waals surface area contributed by atoms with Gasteiger partial charge in [-0.25, -0.2) is 4.39 Å². The molecule has 0 aliphatic carbocycles. The molecule has 1 aliphatic rings. The molecule has 2 aromatic carbocycles. The molecule has 1 fully saturated rings. The van der Waals surface area contributed by atoms with Crippen LogP contribution < -0.4 is 5.32 Å². The van der Waals surface area contributed by atoms with Crippen molar-refractivity contribution in [2.75, 3.05) is 19.7 Å². The van der Waals surface area contributed by atoms with Crippen LogP contribution in [0, 0.1) is 5.82 Å². The molecule has 1 unspecified atom stereocenters. The summed E-state index contributed by atoms with van der Waals surface area (Å²) >= 11 is 0. The van der Waals surface area contributed by atoms with Gasteiger partial charge >= 0.3 is 0 Å². The van der Waals surface area contributed by atoms with Crippen LogP contribution in [0.2, 0.25) is 0 Å². The smallest absolute Gasteiger partial charge is 0.131 e. The molecule has 1 atom stereocenters. The van der Waals surface area contributed by atoms with Crippen molar-refractivity contribution in [3.05, 3.63) is 59.9 Å². The number of rotatable bonds is 2. The van der Waals surface area contributed by atoms with Gasteiger partial charge in [0.25, 0.3) is 0 Å². The molecular weight excluding hydrogens is 241 g/mol. The van der Waals surface area contributed by atoms with E-state index in [0.717, 1.165) is 24.2 Å². The zero-order valence-electron chi connectivity index (χ0n) is 10.6. The van der Waals surface area contributed by atoms with Gasteiger partial charge in [-0.2, -0.15) is 0 Å². The van der Waals surface area contributed by atoms with E-state index in [-0.39, 0.29) is 11.9 Å². The minimum atomic E-state index is -0.192. The molecule has 0 spiro atoms. The lowest BCUT2D eigenvalue weighted by atomic mass is 10.00. The van der Waals surface area contributed by atoms with Crippen LogP contribution in [0.5, 0.6) is 0 Å². The van der Waals surface area contributed by atoms with Gasteiger partial charge in [-0.1, -0.05) is 36.4 Å². The number of ether oxygens (including phenoxy) is 1. The second-order valence-electron chi connectivity index (χ2n) is 4.67. The molecule has 0 amide bonds. The predicted octanol–water partition coefficient (Wildman–Crippen LogP) is 3.15. The standard InChI is InChI=1S/C16H16FNO/c17-15-7-2-1-6-14(15)12-4-3-5-13(10-12)16-11-18-8-9-19-16/h1-7,10,16,18H,8-9,11H2. The highest BCUT2D eigenvalue weighted by Gasteiger charge is 2.16. The van der Waals surface area contributed by atoms with E-state index in [0.29, 0.717) is 12.2 Å². The van der Waals surface area contributed by atoms with Gasteiger partial charge in [0.05, 0.1) is 12.7 Å². The van der Waals surface area contributed by atoms with Gasteiger partial charge in [-0.15, -0.1) is 0 Å². The summed E-state index contributed by atoms with van der Waals surface area (Å²) in [7, 11) is 0. The van der Waals surface area contributed by atoms with Crippen LogP contribution in [0.3, 0.4) is 0 Å². The highest BCUT2D eigenvalue weighted by Crippen LogP contribution is 2.27. The van der Waals surface area contributed by atoms with Crippen molar-refractivity contribution in [1.82, 2.24) is 5.32 Å². The Balaban J connectivity index is 1.93. The molecule has 2 aromatic rings. The summed E-state index contributed by atoms with van der Waals surface area (Å²) < 4.78 is 19.5. The fourth-order valence-corrected chi connectivity index (χ4v) is 2.38. The molecule has 0 bridgehead atoms. The molecule has 1 heterocycles. The SMILES string of the molecule is Fc1ccccc1-c1cccc(C2CNCCO2)c1. The van der Waals surface area contributed by atoms with Crippen molar-refractivity contribution < 1.29 is 9.13 Å². The molecule has 0 radical (unpaired) electrons. The van der Waals surface area contributed by atoms with Crippen molar-refractivity contribution in [2.45, 2.75) is 6.10 Å². The Bertz CT molecular complexity index is 564. The van der Waals surface area contributed by atoms with Crippen LogP contribution in [0.1, 0.15) is 11.7 Å². The Morgan fingerprint density at radius 2 is 2.00 bits per heavy atom. The fourth-order valence-electron chi connectivity index (χ4n) is 2.38. The Labute approximate surface area is 112 Å². The van der Waals surface area contributed by atoms with Gasteiger partial charge < -0.3 is 10.1 Å². The van der Waals surface area contributed by atoms with Crippen molar-refractivity contribution in [1.29, 1.82) is 0 Å². The molecule has 1 N–H and O–H groups in total. The van der Waals surface area contributed by atoms with Crippen LogP contribution in [-0.2, 0) is 4.74 Å². The Hall–Kier alpha value is -1.71. The summed E-state index contributed by atoms with van der Waals surface area (Å²) in [5.41, 5.74) is 2.62. The van der Waals surface area contributed by atoms with Crippen LogP contribution in [0.4, 0.5) is 4.39 Å². The molecule has 1 saturated heterocycles. The van der Waals surface area contributed by atoms with Gasteiger partial charge in [0, 0.05) is 18.7 Å². The number of hydrogen-bond acceptors (Lipinski definition) is 2. The summed E-state index contributed by atoms with van der Waals surface area (Å²) in [4.78, 5) is 0. The third-order valence-electron chi connectivity index (χ3n) is 3.37. The summed E-state index contributed by atoms with van der Waals surface area (Å²) in [6, 6.07) is 14.8. The predicted molar refractivity (Wildman–Crippen MR) is 73.4 cm³/mol. The monoisotopic (exact) mass is 257 g/mol. The van der Waals surface area contributed by atoms with E-state index in [1.807, 2.05) is 30.3 Å². The molecule has 19 heavy (non-hydrogen) atoms. The maximum Gasteiger partial charge on any atom is 0.131 e. The fraction of sp³-hybridized carbons (Fsp3) is 0.250. The summed E-state index contributed by atoms with van der Waals surface area (Å²) in [5, 5.41) is 3.30. The Morgan fingerprint density at radius 3 is 2.79 bits per heavy atom. The molecule has 2 nitrogen and oxygen atoms in total. The average Bonchev–Trinajstić information content (AvgIpc) is 2.49. The Morgan fingerprint density at radius 1 is 1.11 bits per heavy atom. The van der Waals surface area contributed by atoms with Crippen molar-refractivity contribution in [2.24, 2.45) is 0 Å². The lowest BCUT2D eigenvalue weighted by Crippen LogP contribution is -2.33. The highest BCUT2D eigenvalue weighted by molar-refractivity contribution is 5.64. The number of hydrogen-bond donors (Lipinski definition) is 1. The molecule has 1 aliphatic heterocycles. The summed E-state index contributed by atoms with van der Waals surface area (Å²) in [5.74, 6) is -0.192. The van der Waals surface area contributed by atoms with Gasteiger partial charge in [-0.05, 0) is 23.3 Å². The van der Waals surface area contributed by atoms with E-state index in [1.165, 1.54) is 6.07 Å². The third kappa shape index (κ3) is 2.67. The van der Waals surface area contributed by atoms with Crippen molar-refractivity contribution in [3.8, 4) is 11.1 Å². The van der Waals surface area contributed by atoms with Crippen LogP contribution >= 0.6 is 0 Å². The lowest BCUT2D eigenvalue weighted by Gasteiger charge is -2.24. The first kappa shape index (κ1) is 12.3. The summed E-state index contributed by atoms with van der Waals surface area (Å²) in [6.07, 6.45) is 0.0560. The number of benzene rings is 2. The number of halogens is 1. The van der Waals surface area contributed by atoms with E-state index in [4.69, 9.17) is 4.74 Å². The van der Waals surface area contributed by atoms with E-state index in [1.54, 1.807) is 12.1 Å². The minimum Gasteiger partial charge on any atom is -0.371 e. The van der Waals surface area contributed by atoms with E-state index in [9.17, 15) is 4.39 Å². The third-order valence-corrected chi connectivity index (χ3v) is 3.37. The normalized spacial score (nSPS) is 19.3. The molecule has 3 rings (SSSR count). The molecule has 3 heteroatoms. The molecule has 0 aromatic heterocycles. The maximum atomic E-state index is 13.8. The van der Waals surface area contributed by atoms with Crippen LogP contribution in [-0.4, -0.2) is 19.7 Å². The van der Waals surface area contributed by atoms with Gasteiger partial charge in [0.15, 0.2) is 0 Å². The molecular formula is C16H16FNO. The summed E-state index contributed by atoms with van der Waals surface area (Å²) in [6.45, 7) is 2.42. The van der Waals surface area contributed by atoms with Gasteiger partial charge in [0.1, 0.15) is 5.82 Å². The zero-order valence-corrected chi connectivity index (χ0v) is 10.6. The van der Waals surface area contributed by atoms with Crippen molar-refractivity contribution >= 4 is 0 Å². The minimum absolute atomic E-state index is 0.0560. The topological polar surface area (TPSA) is 21.3 Å². The largest absolute Gasteiger partial charge is 0.371 e. The van der Waals surface area contributed by atoms with Crippen LogP contribution in [0.25, 0.3) is 11.1 Å². The number of morpholine rings is 1. The van der Waals surface area contributed by atoms with Gasteiger partial charge in [0.2, 0.25) is 0 Å². The van der Waals surface area contributed by atoms with E-state index in [2.05, 4.69) is 5.32 Å². The highest BCUT2D eigenvalue weighted by atomic mass is 19.1. The molecule has 98 valence electrons. The van der Waals surface area contributed by atoms with E-state index >= 15 is 0 Å². The second kappa shape index (κ2) is 5.51. The maximum absolute atomic E-state index is 13.8. The molecule has 0 saturated carbocycles. The van der Waals surface area contributed by atoms with Crippen molar-refractivity contribution in [3.63, 3.8) is 0 Å². The van der Waals surface area contributed by atoms with Crippen LogP contribution in [0.15, 0.2) is 48.5 Å².